The molecule has 0 aliphatic rings. The fraction of sp³-hybridized carbons (Fsp3) is 0.222. The topological polar surface area (TPSA) is 33.0 Å². The van der Waals surface area contributed by atoms with Gasteiger partial charge in [-0.15, -0.1) is 0 Å². The van der Waals surface area contributed by atoms with Gasteiger partial charge < -0.3 is 4.74 Å². The number of hydrogen-bond acceptors (Lipinski definition) is 3. The molecule has 0 unspecified atom stereocenters. The van der Waals surface area contributed by atoms with Gasteiger partial charge in [0, 0.05) is 5.75 Å². The highest BCUT2D eigenvalue weighted by Gasteiger charge is 1.92. The quantitative estimate of drug-likeness (QED) is 0.720. The number of hydrogen-bond donors (Lipinski definition) is 1. The maximum atomic E-state index is 8.24. The van der Waals surface area contributed by atoms with E-state index in [2.05, 4.69) is 12.6 Å². The number of benzene rings is 1. The Morgan fingerprint density at radius 1 is 1.33 bits per heavy atom. The third-order valence-electron chi connectivity index (χ3n) is 1.41. The van der Waals surface area contributed by atoms with Crippen LogP contribution in [0.1, 0.15) is 5.56 Å². The van der Waals surface area contributed by atoms with E-state index in [9.17, 15) is 0 Å². The van der Waals surface area contributed by atoms with Crippen LogP contribution in [-0.2, 0) is 5.75 Å². The normalized spacial score (nSPS) is 9.00. The number of ether oxygens (including phenoxy) is 1. The highest BCUT2D eigenvalue weighted by molar-refractivity contribution is 7.79. The molecule has 0 bridgehead atoms. The molecule has 1 aromatic carbocycles. The molecule has 0 saturated carbocycles. The van der Waals surface area contributed by atoms with Gasteiger partial charge in [0.1, 0.15) is 11.8 Å². The maximum Gasteiger partial charge on any atom is 0.174 e. The average Bonchev–Trinajstić information content (AvgIpc) is 2.15. The fourth-order valence-electron chi connectivity index (χ4n) is 0.807. The minimum Gasteiger partial charge on any atom is -0.479 e. The van der Waals surface area contributed by atoms with Gasteiger partial charge in [-0.1, -0.05) is 12.1 Å². The van der Waals surface area contributed by atoms with Crippen molar-refractivity contribution in [3.8, 4) is 11.8 Å². The minimum absolute atomic E-state index is 0.0974. The first-order chi connectivity index (χ1) is 5.86. The molecule has 12 heavy (non-hydrogen) atoms. The highest BCUT2D eigenvalue weighted by Crippen LogP contribution is 2.12. The average molecular weight is 179 g/mol. The van der Waals surface area contributed by atoms with Gasteiger partial charge in [0.2, 0.25) is 0 Å². The zero-order chi connectivity index (χ0) is 8.81. The number of thiol groups is 1. The lowest BCUT2D eigenvalue weighted by Gasteiger charge is -2.01. The van der Waals surface area contributed by atoms with Crippen LogP contribution < -0.4 is 4.74 Å². The van der Waals surface area contributed by atoms with Crippen molar-refractivity contribution in [2.45, 2.75) is 5.75 Å². The van der Waals surface area contributed by atoms with Crippen LogP contribution in [0.3, 0.4) is 0 Å². The summed E-state index contributed by atoms with van der Waals surface area (Å²) in [4.78, 5) is 0. The van der Waals surface area contributed by atoms with Gasteiger partial charge in [-0.05, 0) is 17.7 Å². The largest absolute Gasteiger partial charge is 0.479 e. The first kappa shape index (κ1) is 8.95. The summed E-state index contributed by atoms with van der Waals surface area (Å²) >= 11 is 4.12. The Labute approximate surface area is 77.2 Å². The van der Waals surface area contributed by atoms with Gasteiger partial charge in [-0.3, -0.25) is 0 Å². The van der Waals surface area contributed by atoms with Crippen molar-refractivity contribution < 1.29 is 4.74 Å². The molecule has 0 fully saturated rings. The monoisotopic (exact) mass is 179 g/mol. The molecule has 0 aliphatic carbocycles. The molecule has 0 spiro atoms. The second kappa shape index (κ2) is 4.68. The van der Waals surface area contributed by atoms with Crippen molar-refractivity contribution >= 4 is 12.6 Å². The Morgan fingerprint density at radius 3 is 2.50 bits per heavy atom. The summed E-state index contributed by atoms with van der Waals surface area (Å²) in [6.07, 6.45) is 0. The van der Waals surface area contributed by atoms with Crippen LogP contribution in [0.25, 0.3) is 0 Å². The summed E-state index contributed by atoms with van der Waals surface area (Å²) in [5, 5.41) is 8.24. The predicted octanol–water partition coefficient (Wildman–Crippen LogP) is 2.02. The van der Waals surface area contributed by atoms with E-state index in [1.807, 2.05) is 30.3 Å². The molecule has 0 heterocycles. The van der Waals surface area contributed by atoms with Gasteiger partial charge in [0.15, 0.2) is 6.61 Å². The standard InChI is InChI=1S/C9H9NOS/c10-5-6-11-9-3-1-8(7-12)2-4-9/h1-4,12H,6-7H2. The summed E-state index contributed by atoms with van der Waals surface area (Å²) in [5.74, 6) is 1.44. The Balaban J connectivity index is 2.60. The lowest BCUT2D eigenvalue weighted by molar-refractivity contribution is 0.368. The van der Waals surface area contributed by atoms with Crippen molar-refractivity contribution in [3.05, 3.63) is 29.8 Å². The summed E-state index contributed by atoms with van der Waals surface area (Å²) in [5.41, 5.74) is 1.14. The molecular weight excluding hydrogens is 170 g/mol. The van der Waals surface area contributed by atoms with Crippen LogP contribution >= 0.6 is 12.6 Å². The van der Waals surface area contributed by atoms with E-state index >= 15 is 0 Å². The molecule has 0 aliphatic heterocycles. The molecular formula is C9H9NOS. The smallest absolute Gasteiger partial charge is 0.174 e. The van der Waals surface area contributed by atoms with E-state index in [0.717, 1.165) is 17.1 Å². The molecule has 0 radical (unpaired) electrons. The summed E-state index contributed by atoms with van der Waals surface area (Å²) in [6, 6.07) is 9.44. The van der Waals surface area contributed by atoms with Crippen LogP contribution in [0, 0.1) is 11.3 Å². The minimum atomic E-state index is 0.0974. The third kappa shape index (κ3) is 2.48. The Morgan fingerprint density at radius 2 is 2.00 bits per heavy atom. The highest BCUT2D eigenvalue weighted by atomic mass is 32.1. The lowest BCUT2D eigenvalue weighted by atomic mass is 10.2. The molecule has 2 nitrogen and oxygen atoms in total. The number of nitriles is 1. The van der Waals surface area contributed by atoms with Crippen molar-refractivity contribution in [3.63, 3.8) is 0 Å². The van der Waals surface area contributed by atoms with E-state index in [1.165, 1.54) is 0 Å². The van der Waals surface area contributed by atoms with Crippen LogP contribution in [0.2, 0.25) is 0 Å². The third-order valence-corrected chi connectivity index (χ3v) is 1.77. The molecule has 1 aromatic rings. The van der Waals surface area contributed by atoms with Crippen molar-refractivity contribution in [2.75, 3.05) is 6.61 Å². The van der Waals surface area contributed by atoms with E-state index < -0.39 is 0 Å². The number of rotatable bonds is 3. The Bertz CT molecular complexity index is 276. The summed E-state index contributed by atoms with van der Waals surface area (Å²) in [7, 11) is 0. The van der Waals surface area contributed by atoms with Gasteiger partial charge in [0.25, 0.3) is 0 Å². The SMILES string of the molecule is N#CCOc1ccc(CS)cc1. The van der Waals surface area contributed by atoms with Crippen molar-refractivity contribution in [2.24, 2.45) is 0 Å². The summed E-state index contributed by atoms with van der Waals surface area (Å²) in [6.45, 7) is 0.0974. The molecule has 1 rings (SSSR count). The Hall–Kier alpha value is -1.14. The van der Waals surface area contributed by atoms with Gasteiger partial charge in [0.05, 0.1) is 0 Å². The van der Waals surface area contributed by atoms with Crippen molar-refractivity contribution in [1.29, 1.82) is 5.26 Å². The lowest BCUT2D eigenvalue weighted by Crippen LogP contribution is -1.92. The zero-order valence-corrected chi connectivity index (χ0v) is 7.42. The number of nitrogens with zero attached hydrogens (tertiary/aromatic N) is 1. The van der Waals surface area contributed by atoms with Crippen LogP contribution in [-0.4, -0.2) is 6.61 Å². The zero-order valence-electron chi connectivity index (χ0n) is 6.53. The second-order valence-electron chi connectivity index (χ2n) is 2.25. The first-order valence-electron chi connectivity index (χ1n) is 3.56. The van der Waals surface area contributed by atoms with Gasteiger partial charge in [-0.25, -0.2) is 0 Å². The molecule has 0 amide bonds. The van der Waals surface area contributed by atoms with Crippen LogP contribution in [0.15, 0.2) is 24.3 Å². The van der Waals surface area contributed by atoms with E-state index in [-0.39, 0.29) is 6.61 Å². The van der Waals surface area contributed by atoms with Crippen LogP contribution in [0.4, 0.5) is 0 Å². The van der Waals surface area contributed by atoms with Crippen LogP contribution in [0.5, 0.6) is 5.75 Å². The second-order valence-corrected chi connectivity index (χ2v) is 2.57. The molecule has 62 valence electrons. The van der Waals surface area contributed by atoms with Gasteiger partial charge in [-0.2, -0.15) is 17.9 Å². The molecule has 0 aromatic heterocycles. The van der Waals surface area contributed by atoms with E-state index in [4.69, 9.17) is 10.00 Å². The molecule has 0 saturated heterocycles. The molecule has 0 N–H and O–H groups in total. The molecule has 3 heteroatoms. The summed E-state index contributed by atoms with van der Waals surface area (Å²) < 4.78 is 5.07. The predicted molar refractivity (Wildman–Crippen MR) is 50.2 cm³/mol. The van der Waals surface area contributed by atoms with Crippen molar-refractivity contribution in [1.82, 2.24) is 0 Å². The Kier molecular flexibility index (Phi) is 3.49. The van der Waals surface area contributed by atoms with E-state index in [0.29, 0.717) is 0 Å². The van der Waals surface area contributed by atoms with E-state index in [1.54, 1.807) is 0 Å². The first-order valence-corrected chi connectivity index (χ1v) is 4.19. The van der Waals surface area contributed by atoms with Gasteiger partial charge >= 0.3 is 0 Å². The fourth-order valence-corrected chi connectivity index (χ4v) is 1.02. The maximum absolute atomic E-state index is 8.24. The molecule has 0 atom stereocenters.